The van der Waals surface area contributed by atoms with Crippen LogP contribution in [-0.2, 0) is 0 Å². The minimum atomic E-state index is -0.485. The lowest BCUT2D eigenvalue weighted by atomic mass is 10.2. The van der Waals surface area contributed by atoms with Crippen LogP contribution in [-0.4, -0.2) is 5.11 Å². The van der Waals surface area contributed by atoms with E-state index in [2.05, 4.69) is 12.6 Å². The van der Waals surface area contributed by atoms with E-state index < -0.39 is 5.82 Å². The Hall–Kier alpha value is -0.740. The molecule has 0 radical (unpaired) electrons. The quantitative estimate of drug-likeness (QED) is 0.626. The monoisotopic (exact) mass is 200 g/mol. The van der Waals surface area contributed by atoms with Crippen molar-refractivity contribution in [1.29, 1.82) is 0 Å². The Balaban J connectivity index is 2.94. The number of hydrogen-bond donors (Lipinski definition) is 2. The minimum absolute atomic E-state index is 0.0185. The van der Waals surface area contributed by atoms with Gasteiger partial charge in [0.1, 0.15) is 11.6 Å². The van der Waals surface area contributed by atoms with Gasteiger partial charge in [0, 0.05) is 0 Å². The third-order valence-corrected chi connectivity index (χ3v) is 3.01. The zero-order valence-corrected chi connectivity index (χ0v) is 7.62. The second-order valence-electron chi connectivity index (χ2n) is 2.39. The molecule has 0 bridgehead atoms. The largest absolute Gasteiger partial charge is 0.505 e. The fourth-order valence-electron chi connectivity index (χ4n) is 1.05. The molecule has 0 aliphatic carbocycles. The number of halogens is 1. The molecule has 12 heavy (non-hydrogen) atoms. The molecule has 0 saturated heterocycles. The van der Waals surface area contributed by atoms with Gasteiger partial charge in [-0.15, -0.1) is 24.0 Å². The molecule has 0 atom stereocenters. The molecule has 0 saturated carbocycles. The first-order valence-corrected chi connectivity index (χ1v) is 4.60. The number of phenolic OH excluding ortho intramolecular Hbond substituents is 1. The average molecular weight is 200 g/mol. The molecule has 0 unspecified atom stereocenters. The predicted octanol–water partition coefficient (Wildman–Crippen LogP) is 3.03. The molecule has 0 aliphatic heterocycles. The lowest BCUT2D eigenvalue weighted by Gasteiger charge is -1.99. The first kappa shape index (κ1) is 7.89. The number of rotatable bonds is 0. The van der Waals surface area contributed by atoms with Crippen LogP contribution in [0, 0.1) is 5.82 Å². The van der Waals surface area contributed by atoms with Crippen LogP contribution in [0.5, 0.6) is 5.75 Å². The molecule has 0 fully saturated rings. The number of thiol groups is 1. The topological polar surface area (TPSA) is 20.2 Å². The molecule has 1 aromatic carbocycles. The van der Waals surface area contributed by atoms with Crippen molar-refractivity contribution in [1.82, 2.24) is 0 Å². The summed E-state index contributed by atoms with van der Waals surface area (Å²) in [5, 5.41) is 11.9. The van der Waals surface area contributed by atoms with Crippen LogP contribution in [0.2, 0.25) is 0 Å². The number of phenols is 1. The van der Waals surface area contributed by atoms with E-state index in [1.807, 2.05) is 0 Å². The van der Waals surface area contributed by atoms with Crippen LogP contribution in [0.4, 0.5) is 4.39 Å². The van der Waals surface area contributed by atoms with Crippen LogP contribution < -0.4 is 0 Å². The Morgan fingerprint density at radius 1 is 1.50 bits per heavy atom. The molecule has 2 rings (SSSR count). The molecular formula is C8H5FOS2. The molecule has 62 valence electrons. The van der Waals surface area contributed by atoms with Crippen molar-refractivity contribution in [3.8, 4) is 5.75 Å². The van der Waals surface area contributed by atoms with Crippen molar-refractivity contribution >= 4 is 34.1 Å². The van der Waals surface area contributed by atoms with Gasteiger partial charge in [0.05, 0.1) is 9.60 Å². The second-order valence-corrected chi connectivity index (χ2v) is 3.76. The van der Waals surface area contributed by atoms with Gasteiger partial charge in [-0.05, 0) is 22.9 Å². The number of aromatic hydroxyl groups is 1. The Labute approximate surface area is 77.9 Å². The SMILES string of the molecule is Oc1c(S)c(F)cc2ccsc12. The van der Waals surface area contributed by atoms with Crippen molar-refractivity contribution < 1.29 is 9.50 Å². The normalized spacial score (nSPS) is 10.8. The first-order chi connectivity index (χ1) is 5.70. The molecular weight excluding hydrogens is 195 g/mol. The van der Waals surface area contributed by atoms with Crippen molar-refractivity contribution in [2.45, 2.75) is 4.90 Å². The number of fused-ring (bicyclic) bond motifs is 1. The van der Waals surface area contributed by atoms with E-state index in [4.69, 9.17) is 0 Å². The number of benzene rings is 1. The summed E-state index contributed by atoms with van der Waals surface area (Å²) in [7, 11) is 0. The van der Waals surface area contributed by atoms with E-state index in [1.165, 1.54) is 17.4 Å². The Morgan fingerprint density at radius 3 is 3.00 bits per heavy atom. The highest BCUT2D eigenvalue weighted by molar-refractivity contribution is 7.80. The highest BCUT2D eigenvalue weighted by atomic mass is 32.1. The van der Waals surface area contributed by atoms with Gasteiger partial charge in [0.25, 0.3) is 0 Å². The van der Waals surface area contributed by atoms with E-state index in [-0.39, 0.29) is 10.6 Å². The summed E-state index contributed by atoms with van der Waals surface area (Å²) in [5.41, 5.74) is 0. The maximum absolute atomic E-state index is 13.0. The van der Waals surface area contributed by atoms with Crippen molar-refractivity contribution in [2.75, 3.05) is 0 Å². The molecule has 1 N–H and O–H groups in total. The van der Waals surface area contributed by atoms with Gasteiger partial charge in [-0.3, -0.25) is 0 Å². The Kier molecular flexibility index (Phi) is 1.73. The summed E-state index contributed by atoms with van der Waals surface area (Å²) in [4.78, 5) is 0.0185. The summed E-state index contributed by atoms with van der Waals surface area (Å²) in [5.74, 6) is -0.551. The highest BCUT2D eigenvalue weighted by Crippen LogP contribution is 2.36. The molecule has 0 amide bonds. The van der Waals surface area contributed by atoms with Gasteiger partial charge < -0.3 is 5.11 Å². The van der Waals surface area contributed by atoms with Crippen LogP contribution in [0.25, 0.3) is 10.1 Å². The Bertz CT molecular complexity index is 436. The lowest BCUT2D eigenvalue weighted by Crippen LogP contribution is -1.78. The van der Waals surface area contributed by atoms with Crippen molar-refractivity contribution in [2.24, 2.45) is 0 Å². The molecule has 4 heteroatoms. The van der Waals surface area contributed by atoms with Crippen LogP contribution >= 0.6 is 24.0 Å². The average Bonchev–Trinajstić information content (AvgIpc) is 2.48. The molecule has 1 nitrogen and oxygen atoms in total. The van der Waals surface area contributed by atoms with E-state index in [0.29, 0.717) is 10.1 Å². The van der Waals surface area contributed by atoms with Crippen molar-refractivity contribution in [3.63, 3.8) is 0 Å². The third kappa shape index (κ3) is 0.990. The van der Waals surface area contributed by atoms with Gasteiger partial charge in [-0.1, -0.05) is 0 Å². The van der Waals surface area contributed by atoms with Gasteiger partial charge in [0.2, 0.25) is 0 Å². The van der Waals surface area contributed by atoms with Crippen molar-refractivity contribution in [3.05, 3.63) is 23.3 Å². The fourth-order valence-corrected chi connectivity index (χ4v) is 2.13. The van der Waals surface area contributed by atoms with E-state index in [0.717, 1.165) is 0 Å². The number of hydrogen-bond acceptors (Lipinski definition) is 3. The van der Waals surface area contributed by atoms with Gasteiger partial charge in [0.15, 0.2) is 0 Å². The molecule has 0 aliphatic rings. The van der Waals surface area contributed by atoms with Gasteiger partial charge in [-0.2, -0.15) is 0 Å². The van der Waals surface area contributed by atoms with Gasteiger partial charge in [-0.25, -0.2) is 4.39 Å². The number of thiophene rings is 1. The maximum atomic E-state index is 13.0. The zero-order chi connectivity index (χ0) is 8.72. The zero-order valence-electron chi connectivity index (χ0n) is 5.91. The lowest BCUT2D eigenvalue weighted by molar-refractivity contribution is 0.458. The summed E-state index contributed by atoms with van der Waals surface area (Å²) in [6.45, 7) is 0. The molecule has 0 spiro atoms. The van der Waals surface area contributed by atoms with Gasteiger partial charge >= 0.3 is 0 Å². The molecule has 1 aromatic heterocycles. The van der Waals surface area contributed by atoms with E-state index >= 15 is 0 Å². The molecule has 2 aromatic rings. The standard InChI is InChI=1S/C8H5FOS2/c9-5-3-4-1-2-12-8(4)6(10)7(5)11/h1-3,10-11H. The fraction of sp³-hybridized carbons (Fsp3) is 0. The Morgan fingerprint density at radius 2 is 2.25 bits per heavy atom. The van der Waals surface area contributed by atoms with E-state index in [9.17, 15) is 9.50 Å². The van der Waals surface area contributed by atoms with Crippen LogP contribution in [0.1, 0.15) is 0 Å². The highest BCUT2D eigenvalue weighted by Gasteiger charge is 2.09. The predicted molar refractivity (Wildman–Crippen MR) is 50.7 cm³/mol. The third-order valence-electron chi connectivity index (χ3n) is 1.64. The smallest absolute Gasteiger partial charge is 0.149 e. The molecule has 1 heterocycles. The second kappa shape index (κ2) is 2.64. The summed E-state index contributed by atoms with van der Waals surface area (Å²) in [6.07, 6.45) is 0. The minimum Gasteiger partial charge on any atom is -0.505 e. The van der Waals surface area contributed by atoms with E-state index in [1.54, 1.807) is 11.4 Å². The summed E-state index contributed by atoms with van der Waals surface area (Å²) < 4.78 is 13.6. The summed E-state index contributed by atoms with van der Waals surface area (Å²) in [6, 6.07) is 3.13. The first-order valence-electron chi connectivity index (χ1n) is 3.28. The summed E-state index contributed by atoms with van der Waals surface area (Å²) >= 11 is 5.22. The van der Waals surface area contributed by atoms with Crippen LogP contribution in [0.3, 0.4) is 0 Å². The van der Waals surface area contributed by atoms with Crippen LogP contribution in [0.15, 0.2) is 22.4 Å². The maximum Gasteiger partial charge on any atom is 0.149 e.